The number of nitriles is 1. The van der Waals surface area contributed by atoms with Crippen LogP contribution >= 0.6 is 0 Å². The molecule has 0 radical (unpaired) electrons. The topological polar surface area (TPSA) is 134 Å². The second-order valence-electron chi connectivity index (χ2n) is 14.9. The monoisotopic (exact) mass is 823 g/mol. The summed E-state index contributed by atoms with van der Waals surface area (Å²) >= 11 is 0. The van der Waals surface area contributed by atoms with E-state index >= 15 is 0 Å². The van der Waals surface area contributed by atoms with E-state index < -0.39 is 31.3 Å². The number of halogens is 2. The molecule has 6 aromatic rings. The van der Waals surface area contributed by atoms with Gasteiger partial charge in [0.25, 0.3) is 0 Å². The average molecular weight is 824 g/mol. The lowest BCUT2D eigenvalue weighted by Crippen LogP contribution is -2.34. The maximum Gasteiger partial charge on any atom is 0.210 e. The van der Waals surface area contributed by atoms with Crippen LogP contribution < -0.4 is 14.5 Å². The molecule has 2 aliphatic rings. The number of piperidine rings is 2. The highest BCUT2D eigenvalue weighted by Gasteiger charge is 2.31. The Hall–Kier alpha value is -5.65. The minimum absolute atomic E-state index is 0.0285. The number of hydrogen-bond acceptors (Lipinski definition) is 10. The fourth-order valence-electron chi connectivity index (χ4n) is 7.52. The molecule has 0 saturated carbocycles. The Morgan fingerprint density at radius 3 is 1.57 bits per heavy atom. The van der Waals surface area contributed by atoms with Crippen molar-refractivity contribution in [3.63, 3.8) is 0 Å². The molecule has 4 heterocycles. The molecule has 0 amide bonds. The van der Waals surface area contributed by atoms with Crippen LogP contribution in [0.2, 0.25) is 0 Å². The lowest BCUT2D eigenvalue weighted by Gasteiger charge is -2.34. The van der Waals surface area contributed by atoms with Crippen LogP contribution in [0.4, 0.5) is 20.2 Å². The molecule has 0 unspecified atom stereocenters. The van der Waals surface area contributed by atoms with E-state index in [1.165, 1.54) is 68.0 Å². The minimum Gasteiger partial charge on any atom is -0.497 e. The first kappa shape index (κ1) is 40.5. The number of anilines is 2. The summed E-state index contributed by atoms with van der Waals surface area (Å²) in [4.78, 5) is 13.0. The van der Waals surface area contributed by atoms with Gasteiger partial charge in [0, 0.05) is 49.3 Å². The lowest BCUT2D eigenvalue weighted by molar-refractivity contribution is 0.414. The second-order valence-corrected chi connectivity index (χ2v) is 18.8. The maximum atomic E-state index is 14.1. The van der Waals surface area contributed by atoms with Crippen molar-refractivity contribution in [2.75, 3.05) is 43.1 Å². The average Bonchev–Trinajstić information content (AvgIpc) is 3.23. The van der Waals surface area contributed by atoms with Crippen molar-refractivity contribution >= 4 is 52.9 Å². The fourth-order valence-corrected chi connectivity index (χ4v) is 10.4. The summed E-state index contributed by atoms with van der Waals surface area (Å²) in [7, 11) is -6.26. The summed E-state index contributed by atoms with van der Waals surface area (Å²) in [5.74, 6) is 0.867. The van der Waals surface area contributed by atoms with Gasteiger partial charge in [0.05, 0.1) is 50.9 Å². The zero-order valence-electron chi connectivity index (χ0n) is 32.4. The minimum atomic E-state index is -3.95. The van der Waals surface area contributed by atoms with E-state index in [9.17, 15) is 25.6 Å². The fraction of sp³-hybridized carbons (Fsp3) is 0.295. The molecule has 0 N–H and O–H groups in total. The Kier molecular flexibility index (Phi) is 11.7. The van der Waals surface area contributed by atoms with Gasteiger partial charge in [0.2, 0.25) is 19.7 Å². The number of ether oxygens (including phenoxy) is 1. The van der Waals surface area contributed by atoms with Crippen LogP contribution in [0.25, 0.3) is 21.8 Å². The van der Waals surface area contributed by atoms with Gasteiger partial charge >= 0.3 is 0 Å². The Labute approximate surface area is 337 Å². The molecule has 0 aliphatic carbocycles. The van der Waals surface area contributed by atoms with Gasteiger partial charge in [-0.1, -0.05) is 19.9 Å². The molecule has 0 bridgehead atoms. The smallest absolute Gasteiger partial charge is 0.210 e. The third kappa shape index (κ3) is 8.19. The van der Waals surface area contributed by atoms with E-state index in [0.29, 0.717) is 63.9 Å². The number of sulfone groups is 2. The van der Waals surface area contributed by atoms with Gasteiger partial charge < -0.3 is 14.5 Å². The van der Waals surface area contributed by atoms with Gasteiger partial charge in [0.1, 0.15) is 27.2 Å². The van der Waals surface area contributed by atoms with E-state index in [4.69, 9.17) is 10.00 Å². The van der Waals surface area contributed by atoms with Gasteiger partial charge in [-0.15, -0.1) is 0 Å². The summed E-state index contributed by atoms with van der Waals surface area (Å²) < 4.78 is 87.2. The third-order valence-corrected chi connectivity index (χ3v) is 14.5. The number of fused-ring (bicyclic) bond motifs is 2. The van der Waals surface area contributed by atoms with Crippen molar-refractivity contribution in [1.29, 1.82) is 5.26 Å². The predicted molar refractivity (Wildman–Crippen MR) is 220 cm³/mol. The van der Waals surface area contributed by atoms with E-state index in [0.717, 1.165) is 38.8 Å². The highest BCUT2D eigenvalue weighted by atomic mass is 32.2. The molecule has 300 valence electrons. The summed E-state index contributed by atoms with van der Waals surface area (Å²) in [5.41, 5.74) is 2.42. The van der Waals surface area contributed by atoms with E-state index in [1.54, 1.807) is 36.4 Å². The van der Waals surface area contributed by atoms with Crippen molar-refractivity contribution in [2.45, 2.75) is 59.1 Å². The van der Waals surface area contributed by atoms with Gasteiger partial charge in [-0.3, -0.25) is 9.97 Å². The van der Waals surface area contributed by atoms with Gasteiger partial charge in [-0.2, -0.15) is 5.26 Å². The molecule has 14 heteroatoms. The molecule has 4 aromatic carbocycles. The van der Waals surface area contributed by atoms with Crippen LogP contribution in [0.15, 0.2) is 117 Å². The largest absolute Gasteiger partial charge is 0.497 e. The molecule has 58 heavy (non-hydrogen) atoms. The van der Waals surface area contributed by atoms with Gasteiger partial charge in [-0.25, -0.2) is 25.6 Å². The standard InChI is InChI=1S/C22H20FN3O2S.C22H23FN2O3S/c1-15-7-9-26(10-8-15)22-19-12-17(23)5-6-20(19)25-14-21(22)29(27,28)18-4-2-3-16(11-18)13-24;1-15-9-11-25(12-10-15)22-19-13-16(23)3-8-20(19)24-14-21(22)29(26,27)18-6-4-17(28-2)5-7-18/h2-6,11-12,14-15H,7-10H2,1H3;3-8,13-15H,9-12H2,1-2H3. The number of rotatable bonds is 7. The highest BCUT2D eigenvalue weighted by molar-refractivity contribution is 7.92. The number of pyridine rings is 2. The van der Waals surface area contributed by atoms with Crippen molar-refractivity contribution in [3.05, 3.63) is 115 Å². The molecule has 2 aromatic heterocycles. The first-order valence-electron chi connectivity index (χ1n) is 19.1. The second kappa shape index (κ2) is 16.7. The van der Waals surface area contributed by atoms with Crippen LogP contribution in [0.1, 0.15) is 45.1 Å². The maximum absolute atomic E-state index is 14.1. The van der Waals surface area contributed by atoms with E-state index in [1.807, 2.05) is 11.0 Å². The predicted octanol–water partition coefficient (Wildman–Crippen LogP) is 8.77. The third-order valence-electron chi connectivity index (χ3n) is 11.0. The SMILES string of the molecule is CC1CCN(c2c(S(=O)(=O)c3cccc(C#N)c3)cnc3ccc(F)cc23)CC1.COc1ccc(S(=O)(=O)c2cnc3ccc(F)cc3c2N2CCC(C)CC2)cc1. The Bertz CT molecular complexity index is 2740. The normalized spacial score (nSPS) is 15.5. The van der Waals surface area contributed by atoms with Crippen LogP contribution in [0, 0.1) is 34.8 Å². The number of benzene rings is 4. The highest BCUT2D eigenvalue weighted by Crippen LogP contribution is 2.40. The number of nitrogens with zero attached hydrogens (tertiary/aromatic N) is 5. The summed E-state index contributed by atoms with van der Waals surface area (Å²) in [5, 5.41) is 10.2. The van der Waals surface area contributed by atoms with Crippen LogP contribution in [0.5, 0.6) is 5.75 Å². The van der Waals surface area contributed by atoms with Crippen molar-refractivity contribution < 1.29 is 30.4 Å². The van der Waals surface area contributed by atoms with Crippen molar-refractivity contribution in [2.24, 2.45) is 11.8 Å². The zero-order chi connectivity index (χ0) is 41.2. The molecule has 8 rings (SSSR count). The Morgan fingerprint density at radius 1 is 0.655 bits per heavy atom. The first-order valence-corrected chi connectivity index (χ1v) is 22.1. The molecule has 2 aliphatic heterocycles. The molecular formula is C44H43F2N5O5S2. The van der Waals surface area contributed by atoms with Crippen LogP contribution in [-0.4, -0.2) is 60.1 Å². The zero-order valence-corrected chi connectivity index (χ0v) is 34.0. The van der Waals surface area contributed by atoms with Gasteiger partial charge in [0.15, 0.2) is 0 Å². The molecular weight excluding hydrogens is 781 g/mol. The quantitative estimate of drug-likeness (QED) is 0.154. The van der Waals surface area contributed by atoms with Crippen LogP contribution in [0.3, 0.4) is 0 Å². The summed E-state index contributed by atoms with van der Waals surface area (Å²) in [6.07, 6.45) is 6.53. The van der Waals surface area contributed by atoms with Crippen LogP contribution in [-0.2, 0) is 19.7 Å². The number of hydrogen-bond donors (Lipinski definition) is 0. The van der Waals surface area contributed by atoms with Gasteiger partial charge in [-0.05, 0) is 116 Å². The molecule has 0 atom stereocenters. The van der Waals surface area contributed by atoms with E-state index in [-0.39, 0.29) is 25.1 Å². The Balaban J connectivity index is 0.000000177. The van der Waals surface area contributed by atoms with Crippen molar-refractivity contribution in [1.82, 2.24) is 9.97 Å². The number of methoxy groups -OCH3 is 1. The molecule has 2 fully saturated rings. The molecule has 2 saturated heterocycles. The number of aromatic nitrogens is 2. The van der Waals surface area contributed by atoms with E-state index in [2.05, 4.69) is 28.7 Å². The summed E-state index contributed by atoms with van der Waals surface area (Å²) in [6, 6.07) is 22.7. The lowest BCUT2D eigenvalue weighted by atomic mass is 9.98. The summed E-state index contributed by atoms with van der Waals surface area (Å²) in [6.45, 7) is 7.20. The first-order chi connectivity index (χ1) is 27.8. The molecule has 0 spiro atoms. The van der Waals surface area contributed by atoms with Crippen molar-refractivity contribution in [3.8, 4) is 11.8 Å². The Morgan fingerprint density at radius 2 is 1.12 bits per heavy atom. The molecule has 10 nitrogen and oxygen atoms in total.